The van der Waals surface area contributed by atoms with Gasteiger partial charge in [0, 0.05) is 18.2 Å². The Morgan fingerprint density at radius 1 is 1.30 bits per heavy atom. The molecular formula is C17H26N2O. The second-order valence-corrected chi connectivity index (χ2v) is 6.72. The Morgan fingerprint density at radius 2 is 2.05 bits per heavy atom. The average Bonchev–Trinajstić information content (AvgIpc) is 2.37. The summed E-state index contributed by atoms with van der Waals surface area (Å²) in [6, 6.07) is 6.79. The number of hydrogen-bond donors (Lipinski definition) is 2. The molecular weight excluding hydrogens is 248 g/mol. The monoisotopic (exact) mass is 274 g/mol. The van der Waals surface area contributed by atoms with Crippen molar-refractivity contribution in [3.63, 3.8) is 0 Å². The molecule has 1 atom stereocenters. The smallest absolute Gasteiger partial charge is 0.224 e. The van der Waals surface area contributed by atoms with E-state index in [1.54, 1.807) is 0 Å². The third-order valence-corrected chi connectivity index (χ3v) is 3.82. The van der Waals surface area contributed by atoms with E-state index in [-0.39, 0.29) is 11.3 Å². The van der Waals surface area contributed by atoms with Gasteiger partial charge in [-0.1, -0.05) is 39.8 Å². The first-order valence-corrected chi connectivity index (χ1v) is 7.58. The van der Waals surface area contributed by atoms with Gasteiger partial charge in [-0.05, 0) is 42.0 Å². The number of aryl methyl sites for hydroxylation is 1. The van der Waals surface area contributed by atoms with E-state index in [0.29, 0.717) is 12.5 Å². The number of carbonyl (C=O) groups is 1. The Hall–Kier alpha value is -1.35. The highest BCUT2D eigenvalue weighted by molar-refractivity contribution is 5.93. The minimum absolute atomic E-state index is 0.127. The number of carbonyl (C=O) groups excluding carboxylic acids is 1. The first-order chi connectivity index (χ1) is 9.41. The summed E-state index contributed by atoms with van der Waals surface area (Å²) in [6.45, 7) is 10.0. The van der Waals surface area contributed by atoms with Crippen molar-refractivity contribution in [3.8, 4) is 0 Å². The second-order valence-electron chi connectivity index (χ2n) is 6.72. The van der Waals surface area contributed by atoms with Gasteiger partial charge in [0.05, 0.1) is 0 Å². The van der Waals surface area contributed by atoms with E-state index in [0.717, 1.165) is 25.1 Å². The zero-order valence-corrected chi connectivity index (χ0v) is 13.0. The molecule has 2 N–H and O–H groups in total. The van der Waals surface area contributed by atoms with Gasteiger partial charge in [-0.3, -0.25) is 4.79 Å². The van der Waals surface area contributed by atoms with Crippen LogP contribution in [0.1, 0.15) is 57.7 Å². The maximum atomic E-state index is 11.4. The van der Waals surface area contributed by atoms with E-state index >= 15 is 0 Å². The van der Waals surface area contributed by atoms with E-state index in [4.69, 9.17) is 0 Å². The van der Waals surface area contributed by atoms with Crippen molar-refractivity contribution in [1.82, 2.24) is 5.32 Å². The van der Waals surface area contributed by atoms with Gasteiger partial charge in [-0.2, -0.15) is 0 Å². The summed E-state index contributed by atoms with van der Waals surface area (Å²) in [5.41, 5.74) is 3.73. The molecule has 1 aliphatic rings. The van der Waals surface area contributed by atoms with Gasteiger partial charge in [0.1, 0.15) is 0 Å². The minimum Gasteiger partial charge on any atom is -0.326 e. The van der Waals surface area contributed by atoms with E-state index in [1.165, 1.54) is 11.1 Å². The van der Waals surface area contributed by atoms with Crippen LogP contribution >= 0.6 is 0 Å². The average molecular weight is 274 g/mol. The van der Waals surface area contributed by atoms with Crippen LogP contribution in [0.4, 0.5) is 5.69 Å². The van der Waals surface area contributed by atoms with Crippen LogP contribution in [0, 0.1) is 5.41 Å². The molecule has 0 spiro atoms. The molecule has 1 aliphatic heterocycles. The molecule has 0 saturated heterocycles. The Morgan fingerprint density at radius 3 is 2.70 bits per heavy atom. The molecule has 1 heterocycles. The normalized spacial score (nSPS) is 16.5. The van der Waals surface area contributed by atoms with Gasteiger partial charge < -0.3 is 10.6 Å². The first kappa shape index (κ1) is 15.0. The van der Waals surface area contributed by atoms with Crippen LogP contribution in [-0.2, 0) is 11.2 Å². The van der Waals surface area contributed by atoms with Crippen molar-refractivity contribution < 1.29 is 4.79 Å². The summed E-state index contributed by atoms with van der Waals surface area (Å²) in [4.78, 5) is 11.4. The SMILES string of the molecule is CCCNC(c1ccc2c(c1)CCC(=O)N2)C(C)(C)C. The fourth-order valence-electron chi connectivity index (χ4n) is 2.80. The topological polar surface area (TPSA) is 41.1 Å². The molecule has 110 valence electrons. The molecule has 1 unspecified atom stereocenters. The number of amides is 1. The van der Waals surface area contributed by atoms with Crippen molar-refractivity contribution in [2.24, 2.45) is 5.41 Å². The van der Waals surface area contributed by atoms with E-state index < -0.39 is 0 Å². The molecule has 2 rings (SSSR count). The fraction of sp³-hybridized carbons (Fsp3) is 0.588. The van der Waals surface area contributed by atoms with Crippen LogP contribution in [0.15, 0.2) is 18.2 Å². The van der Waals surface area contributed by atoms with Gasteiger partial charge in [0.15, 0.2) is 0 Å². The van der Waals surface area contributed by atoms with Crippen LogP contribution in [0.25, 0.3) is 0 Å². The molecule has 3 heteroatoms. The maximum Gasteiger partial charge on any atom is 0.224 e. The summed E-state index contributed by atoms with van der Waals surface area (Å²) < 4.78 is 0. The van der Waals surface area contributed by atoms with E-state index in [9.17, 15) is 4.79 Å². The lowest BCUT2D eigenvalue weighted by Gasteiger charge is -2.33. The van der Waals surface area contributed by atoms with Crippen LogP contribution in [0.2, 0.25) is 0 Å². The molecule has 0 saturated carbocycles. The third kappa shape index (κ3) is 3.40. The van der Waals surface area contributed by atoms with Crippen molar-refractivity contribution in [1.29, 1.82) is 0 Å². The van der Waals surface area contributed by atoms with Gasteiger partial charge in [0.25, 0.3) is 0 Å². The van der Waals surface area contributed by atoms with Crippen LogP contribution in [0.5, 0.6) is 0 Å². The lowest BCUT2D eigenvalue weighted by Crippen LogP contribution is -2.33. The fourth-order valence-corrected chi connectivity index (χ4v) is 2.80. The highest BCUT2D eigenvalue weighted by Crippen LogP contribution is 2.35. The molecule has 1 aromatic carbocycles. The molecule has 1 aromatic rings. The summed E-state index contributed by atoms with van der Waals surface area (Å²) in [6.07, 6.45) is 2.58. The molecule has 1 amide bonds. The number of rotatable bonds is 4. The number of nitrogens with one attached hydrogen (secondary N) is 2. The molecule has 20 heavy (non-hydrogen) atoms. The third-order valence-electron chi connectivity index (χ3n) is 3.82. The Bertz CT molecular complexity index is 488. The quantitative estimate of drug-likeness (QED) is 0.879. The van der Waals surface area contributed by atoms with Crippen molar-refractivity contribution in [2.45, 2.75) is 53.0 Å². The predicted molar refractivity (Wildman–Crippen MR) is 83.9 cm³/mol. The second kappa shape index (κ2) is 5.96. The molecule has 0 fully saturated rings. The highest BCUT2D eigenvalue weighted by Gasteiger charge is 2.26. The molecule has 3 nitrogen and oxygen atoms in total. The van der Waals surface area contributed by atoms with Gasteiger partial charge in [-0.25, -0.2) is 0 Å². The lowest BCUT2D eigenvalue weighted by atomic mass is 9.81. The number of fused-ring (bicyclic) bond motifs is 1. The van der Waals surface area contributed by atoms with Gasteiger partial charge in [0.2, 0.25) is 5.91 Å². The van der Waals surface area contributed by atoms with E-state index in [1.807, 2.05) is 6.07 Å². The lowest BCUT2D eigenvalue weighted by molar-refractivity contribution is -0.116. The zero-order chi connectivity index (χ0) is 14.8. The Labute approximate surface area is 122 Å². The van der Waals surface area contributed by atoms with Crippen LogP contribution in [-0.4, -0.2) is 12.5 Å². The summed E-state index contributed by atoms with van der Waals surface area (Å²) in [5.74, 6) is 0.127. The van der Waals surface area contributed by atoms with Gasteiger partial charge in [-0.15, -0.1) is 0 Å². The zero-order valence-electron chi connectivity index (χ0n) is 13.0. The van der Waals surface area contributed by atoms with Crippen LogP contribution < -0.4 is 10.6 Å². The molecule has 0 aliphatic carbocycles. The van der Waals surface area contributed by atoms with Crippen molar-refractivity contribution in [2.75, 3.05) is 11.9 Å². The van der Waals surface area contributed by atoms with Crippen molar-refractivity contribution in [3.05, 3.63) is 29.3 Å². The summed E-state index contributed by atoms with van der Waals surface area (Å²) in [5, 5.41) is 6.60. The van der Waals surface area contributed by atoms with E-state index in [2.05, 4.69) is 50.5 Å². The maximum absolute atomic E-state index is 11.4. The predicted octanol–water partition coefficient (Wildman–Crippen LogP) is 3.66. The minimum atomic E-state index is 0.127. The standard InChI is InChI=1S/C17H26N2O/c1-5-10-18-16(17(2,3)4)13-6-8-14-12(11-13)7-9-15(20)19-14/h6,8,11,16,18H,5,7,9-10H2,1-4H3,(H,19,20). The Balaban J connectivity index is 2.28. The Kier molecular flexibility index (Phi) is 4.48. The molecule has 0 bridgehead atoms. The highest BCUT2D eigenvalue weighted by atomic mass is 16.1. The molecule has 0 aromatic heterocycles. The van der Waals surface area contributed by atoms with Crippen LogP contribution in [0.3, 0.4) is 0 Å². The van der Waals surface area contributed by atoms with Crippen molar-refractivity contribution >= 4 is 11.6 Å². The number of benzene rings is 1. The number of hydrogen-bond acceptors (Lipinski definition) is 2. The largest absolute Gasteiger partial charge is 0.326 e. The molecule has 0 radical (unpaired) electrons. The van der Waals surface area contributed by atoms with Gasteiger partial charge >= 0.3 is 0 Å². The summed E-state index contributed by atoms with van der Waals surface area (Å²) in [7, 11) is 0. The number of anilines is 1. The first-order valence-electron chi connectivity index (χ1n) is 7.58. The summed E-state index contributed by atoms with van der Waals surface area (Å²) >= 11 is 0.